The fourth-order valence-corrected chi connectivity index (χ4v) is 2.76. The number of pyridine rings is 1. The lowest BCUT2D eigenvalue weighted by Gasteiger charge is -2.27. The van der Waals surface area contributed by atoms with Gasteiger partial charge in [-0.25, -0.2) is 4.98 Å². The molecule has 0 aliphatic heterocycles. The fourth-order valence-electron chi connectivity index (χ4n) is 2.60. The Morgan fingerprint density at radius 1 is 1.24 bits per heavy atom. The number of nitrogens with zero attached hydrogens (tertiary/aromatic N) is 1. The van der Waals surface area contributed by atoms with E-state index >= 15 is 0 Å². The molecule has 1 heterocycles. The summed E-state index contributed by atoms with van der Waals surface area (Å²) in [7, 11) is 0. The van der Waals surface area contributed by atoms with Crippen molar-refractivity contribution in [2.75, 3.05) is 11.9 Å². The van der Waals surface area contributed by atoms with Crippen molar-refractivity contribution >= 4 is 17.4 Å². The van der Waals surface area contributed by atoms with Gasteiger partial charge in [0.1, 0.15) is 11.0 Å². The molecule has 17 heavy (non-hydrogen) atoms. The molecule has 1 aromatic heterocycles. The van der Waals surface area contributed by atoms with E-state index in [9.17, 15) is 0 Å². The van der Waals surface area contributed by atoms with Crippen molar-refractivity contribution in [1.29, 1.82) is 0 Å². The summed E-state index contributed by atoms with van der Waals surface area (Å²) in [6.07, 6.45) is 6.84. The summed E-state index contributed by atoms with van der Waals surface area (Å²) >= 11 is 5.85. The molecule has 1 aromatic rings. The monoisotopic (exact) mass is 252 g/mol. The molecule has 1 aliphatic carbocycles. The molecule has 0 bridgehead atoms. The van der Waals surface area contributed by atoms with E-state index in [1.54, 1.807) is 6.07 Å². The number of hydrogen-bond acceptors (Lipinski definition) is 2. The maximum atomic E-state index is 5.85. The minimum Gasteiger partial charge on any atom is -0.370 e. The van der Waals surface area contributed by atoms with Crippen molar-refractivity contribution in [2.24, 2.45) is 11.8 Å². The van der Waals surface area contributed by atoms with Gasteiger partial charge in [-0.2, -0.15) is 0 Å². The molecule has 1 saturated carbocycles. The molecule has 2 rings (SSSR count). The van der Waals surface area contributed by atoms with Crippen LogP contribution in [0.1, 0.15) is 39.0 Å². The molecule has 1 N–H and O–H groups in total. The van der Waals surface area contributed by atoms with Gasteiger partial charge in [-0.15, -0.1) is 0 Å². The SMILES string of the molecule is CCC1CCC(CNc2cccc(Cl)n2)CC1. The van der Waals surface area contributed by atoms with E-state index in [0.717, 1.165) is 24.2 Å². The number of rotatable bonds is 4. The van der Waals surface area contributed by atoms with E-state index in [1.807, 2.05) is 12.1 Å². The predicted octanol–water partition coefficient (Wildman–Crippen LogP) is 4.36. The number of aromatic nitrogens is 1. The van der Waals surface area contributed by atoms with Gasteiger partial charge in [0.15, 0.2) is 0 Å². The second-order valence-electron chi connectivity index (χ2n) is 5.02. The van der Waals surface area contributed by atoms with Crippen molar-refractivity contribution in [3.63, 3.8) is 0 Å². The largest absolute Gasteiger partial charge is 0.370 e. The minimum absolute atomic E-state index is 0.560. The van der Waals surface area contributed by atoms with Crippen LogP contribution in [0.25, 0.3) is 0 Å². The van der Waals surface area contributed by atoms with Crippen molar-refractivity contribution in [3.05, 3.63) is 23.4 Å². The van der Waals surface area contributed by atoms with Crippen molar-refractivity contribution in [2.45, 2.75) is 39.0 Å². The number of nitrogens with one attached hydrogen (secondary N) is 1. The summed E-state index contributed by atoms with van der Waals surface area (Å²) < 4.78 is 0. The molecule has 0 radical (unpaired) electrons. The smallest absolute Gasteiger partial charge is 0.131 e. The third-order valence-electron chi connectivity index (χ3n) is 3.83. The molecule has 1 aliphatic rings. The highest BCUT2D eigenvalue weighted by molar-refractivity contribution is 6.29. The minimum atomic E-state index is 0.560. The first kappa shape index (κ1) is 12.7. The van der Waals surface area contributed by atoms with E-state index in [0.29, 0.717) is 5.15 Å². The quantitative estimate of drug-likeness (QED) is 0.806. The van der Waals surface area contributed by atoms with Gasteiger partial charge in [0.25, 0.3) is 0 Å². The van der Waals surface area contributed by atoms with Crippen LogP contribution in [0.2, 0.25) is 5.15 Å². The molecular formula is C14H21ClN2. The molecule has 0 atom stereocenters. The van der Waals surface area contributed by atoms with E-state index in [2.05, 4.69) is 17.2 Å². The summed E-state index contributed by atoms with van der Waals surface area (Å²) in [5.41, 5.74) is 0. The second kappa shape index (κ2) is 6.25. The Kier molecular flexibility index (Phi) is 4.66. The molecule has 2 nitrogen and oxygen atoms in total. The topological polar surface area (TPSA) is 24.9 Å². The van der Waals surface area contributed by atoms with E-state index in [4.69, 9.17) is 11.6 Å². The zero-order chi connectivity index (χ0) is 12.1. The normalized spacial score (nSPS) is 24.6. The van der Waals surface area contributed by atoms with Gasteiger partial charge in [0.2, 0.25) is 0 Å². The van der Waals surface area contributed by atoms with Gasteiger partial charge < -0.3 is 5.32 Å². The summed E-state index contributed by atoms with van der Waals surface area (Å²) in [6, 6.07) is 5.72. The molecule has 0 amide bonds. The molecule has 0 saturated heterocycles. The van der Waals surface area contributed by atoms with Crippen LogP contribution in [0, 0.1) is 11.8 Å². The van der Waals surface area contributed by atoms with Crippen LogP contribution < -0.4 is 5.32 Å². The van der Waals surface area contributed by atoms with Gasteiger partial charge in [0, 0.05) is 6.54 Å². The molecular weight excluding hydrogens is 232 g/mol. The third kappa shape index (κ3) is 3.88. The van der Waals surface area contributed by atoms with Crippen LogP contribution in [0.15, 0.2) is 18.2 Å². The Morgan fingerprint density at radius 2 is 1.94 bits per heavy atom. The highest BCUT2D eigenvalue weighted by atomic mass is 35.5. The molecule has 94 valence electrons. The van der Waals surface area contributed by atoms with Crippen LogP contribution in [0.4, 0.5) is 5.82 Å². The zero-order valence-electron chi connectivity index (χ0n) is 10.5. The summed E-state index contributed by atoms with van der Waals surface area (Å²) in [6.45, 7) is 3.34. The lowest BCUT2D eigenvalue weighted by atomic mass is 9.81. The Hall–Kier alpha value is -0.760. The number of anilines is 1. The molecule has 3 heteroatoms. The molecule has 0 aromatic carbocycles. The van der Waals surface area contributed by atoms with Gasteiger partial charge in [-0.3, -0.25) is 0 Å². The van der Waals surface area contributed by atoms with Gasteiger partial charge in [-0.1, -0.05) is 43.9 Å². The van der Waals surface area contributed by atoms with E-state index < -0.39 is 0 Å². The number of halogens is 1. The first-order valence-corrected chi connectivity index (χ1v) is 7.02. The van der Waals surface area contributed by atoms with Crippen molar-refractivity contribution in [1.82, 2.24) is 4.98 Å². The molecule has 1 fully saturated rings. The highest BCUT2D eigenvalue weighted by Gasteiger charge is 2.19. The Balaban J connectivity index is 1.76. The van der Waals surface area contributed by atoms with Crippen LogP contribution in [0.3, 0.4) is 0 Å². The Bertz CT molecular complexity index is 346. The predicted molar refractivity (Wildman–Crippen MR) is 73.5 cm³/mol. The van der Waals surface area contributed by atoms with E-state index in [-0.39, 0.29) is 0 Å². The summed E-state index contributed by atoms with van der Waals surface area (Å²) in [4.78, 5) is 4.24. The first-order valence-electron chi connectivity index (χ1n) is 6.64. The van der Waals surface area contributed by atoms with Gasteiger partial charge >= 0.3 is 0 Å². The van der Waals surface area contributed by atoms with Gasteiger partial charge in [0.05, 0.1) is 0 Å². The van der Waals surface area contributed by atoms with Crippen LogP contribution >= 0.6 is 11.6 Å². The lowest BCUT2D eigenvalue weighted by molar-refractivity contribution is 0.278. The first-order chi connectivity index (χ1) is 8.28. The van der Waals surface area contributed by atoms with Crippen molar-refractivity contribution < 1.29 is 0 Å². The third-order valence-corrected chi connectivity index (χ3v) is 4.04. The van der Waals surface area contributed by atoms with Crippen molar-refractivity contribution in [3.8, 4) is 0 Å². The molecule has 0 unspecified atom stereocenters. The number of hydrogen-bond donors (Lipinski definition) is 1. The van der Waals surface area contributed by atoms with Crippen LogP contribution in [-0.4, -0.2) is 11.5 Å². The zero-order valence-corrected chi connectivity index (χ0v) is 11.2. The standard InChI is InChI=1S/C14H21ClN2/c1-2-11-6-8-12(9-7-11)10-16-14-5-3-4-13(15)17-14/h3-5,11-12H,2,6-10H2,1H3,(H,16,17). The molecule has 0 spiro atoms. The average Bonchev–Trinajstić information content (AvgIpc) is 2.37. The van der Waals surface area contributed by atoms with E-state index in [1.165, 1.54) is 32.1 Å². The Labute approximate surface area is 109 Å². The fraction of sp³-hybridized carbons (Fsp3) is 0.643. The van der Waals surface area contributed by atoms with Crippen LogP contribution in [0.5, 0.6) is 0 Å². The van der Waals surface area contributed by atoms with Gasteiger partial charge in [-0.05, 0) is 36.8 Å². The Morgan fingerprint density at radius 3 is 2.59 bits per heavy atom. The maximum Gasteiger partial charge on any atom is 0.131 e. The summed E-state index contributed by atoms with van der Waals surface area (Å²) in [5.74, 6) is 2.67. The lowest BCUT2D eigenvalue weighted by Crippen LogP contribution is -2.21. The summed E-state index contributed by atoms with van der Waals surface area (Å²) in [5, 5.41) is 3.95. The van der Waals surface area contributed by atoms with Crippen LogP contribution in [-0.2, 0) is 0 Å². The average molecular weight is 253 g/mol. The highest BCUT2D eigenvalue weighted by Crippen LogP contribution is 2.30. The second-order valence-corrected chi connectivity index (χ2v) is 5.41. The maximum absolute atomic E-state index is 5.85.